The first-order valence-electron chi connectivity index (χ1n) is 11.2. The summed E-state index contributed by atoms with van der Waals surface area (Å²) in [6.07, 6.45) is 0.963. The van der Waals surface area contributed by atoms with Crippen molar-refractivity contribution < 1.29 is 9.53 Å². The minimum Gasteiger partial charge on any atom is -0.483 e. The van der Waals surface area contributed by atoms with E-state index in [-0.39, 0.29) is 12.5 Å². The Morgan fingerprint density at radius 2 is 1.94 bits per heavy atom. The smallest absolute Gasteiger partial charge is 0.262 e. The molecule has 2 aromatic carbocycles. The van der Waals surface area contributed by atoms with E-state index in [0.717, 1.165) is 56.6 Å². The van der Waals surface area contributed by atoms with Crippen LogP contribution >= 0.6 is 22.7 Å². The molecule has 2 aromatic heterocycles. The standard InChI is InChI=1S/C26H27N3O2S2/c1-16(2)29-13-12-18-22(14-29)33-26(24(18)25-27-19-9-5-7-11-21(19)32-25)28-23(30)15-31-20-10-6-4-8-17(20)3/h4-11,16H,12-15H2,1-3H3,(H,28,30). The molecule has 5 rings (SSSR count). The molecule has 0 fully saturated rings. The van der Waals surface area contributed by atoms with Crippen molar-refractivity contribution in [3.63, 3.8) is 0 Å². The van der Waals surface area contributed by atoms with E-state index in [0.29, 0.717) is 6.04 Å². The van der Waals surface area contributed by atoms with Crippen molar-refractivity contribution in [2.45, 2.75) is 39.8 Å². The maximum Gasteiger partial charge on any atom is 0.262 e. The zero-order valence-electron chi connectivity index (χ0n) is 19.1. The van der Waals surface area contributed by atoms with Crippen LogP contribution in [0, 0.1) is 6.92 Å². The Labute approximate surface area is 202 Å². The molecular formula is C26H27N3O2S2. The molecule has 0 radical (unpaired) electrons. The van der Waals surface area contributed by atoms with E-state index in [2.05, 4.69) is 30.1 Å². The Morgan fingerprint density at radius 3 is 2.73 bits per heavy atom. The molecule has 33 heavy (non-hydrogen) atoms. The van der Waals surface area contributed by atoms with Gasteiger partial charge in [0.15, 0.2) is 6.61 Å². The van der Waals surface area contributed by atoms with Gasteiger partial charge < -0.3 is 10.1 Å². The average molecular weight is 478 g/mol. The van der Waals surface area contributed by atoms with E-state index in [1.54, 1.807) is 22.7 Å². The molecule has 1 amide bonds. The highest BCUT2D eigenvalue weighted by Gasteiger charge is 2.28. The highest BCUT2D eigenvalue weighted by Crippen LogP contribution is 2.45. The Bertz CT molecular complexity index is 1280. The van der Waals surface area contributed by atoms with Crippen LogP contribution in [0.5, 0.6) is 5.75 Å². The van der Waals surface area contributed by atoms with Crippen molar-refractivity contribution >= 4 is 43.8 Å². The van der Waals surface area contributed by atoms with Gasteiger partial charge in [-0.25, -0.2) is 4.98 Å². The summed E-state index contributed by atoms with van der Waals surface area (Å²) in [5, 5.41) is 5.00. The van der Waals surface area contributed by atoms with Crippen LogP contribution in [-0.2, 0) is 17.8 Å². The first-order chi connectivity index (χ1) is 16.0. The number of para-hydroxylation sites is 2. The lowest BCUT2D eigenvalue weighted by Gasteiger charge is -2.30. The highest BCUT2D eigenvalue weighted by molar-refractivity contribution is 7.22. The lowest BCUT2D eigenvalue weighted by Crippen LogP contribution is -2.35. The Hall–Kier alpha value is -2.74. The molecule has 7 heteroatoms. The number of thiophene rings is 1. The zero-order valence-corrected chi connectivity index (χ0v) is 20.7. The van der Waals surface area contributed by atoms with E-state index in [1.807, 2.05) is 49.4 Å². The van der Waals surface area contributed by atoms with Gasteiger partial charge in [0.05, 0.1) is 10.2 Å². The monoisotopic (exact) mass is 477 g/mol. The highest BCUT2D eigenvalue weighted by atomic mass is 32.1. The number of anilines is 1. The molecular weight excluding hydrogens is 450 g/mol. The number of thiazole rings is 1. The first-order valence-corrected chi connectivity index (χ1v) is 12.9. The number of ether oxygens (including phenoxy) is 1. The van der Waals surface area contributed by atoms with Crippen molar-refractivity contribution in [2.75, 3.05) is 18.5 Å². The van der Waals surface area contributed by atoms with Gasteiger partial charge in [-0.2, -0.15) is 0 Å². The molecule has 0 saturated heterocycles. The number of amides is 1. The lowest BCUT2D eigenvalue weighted by atomic mass is 10.0. The Balaban J connectivity index is 1.45. The molecule has 0 unspecified atom stereocenters. The predicted molar refractivity (Wildman–Crippen MR) is 137 cm³/mol. The summed E-state index contributed by atoms with van der Waals surface area (Å²) in [6.45, 7) is 8.35. The average Bonchev–Trinajstić information content (AvgIpc) is 3.38. The van der Waals surface area contributed by atoms with E-state index >= 15 is 0 Å². The number of aryl methyl sites for hydroxylation is 1. The van der Waals surface area contributed by atoms with Crippen LogP contribution in [0.4, 0.5) is 5.00 Å². The lowest BCUT2D eigenvalue weighted by molar-refractivity contribution is -0.118. The van der Waals surface area contributed by atoms with Crippen LogP contribution in [0.15, 0.2) is 48.5 Å². The normalized spacial score (nSPS) is 13.9. The fourth-order valence-electron chi connectivity index (χ4n) is 4.18. The maximum atomic E-state index is 12.9. The van der Waals surface area contributed by atoms with E-state index in [1.165, 1.54) is 10.4 Å². The number of carbonyl (C=O) groups excluding carboxylic acids is 1. The van der Waals surface area contributed by atoms with Crippen LogP contribution in [0.2, 0.25) is 0 Å². The molecule has 0 bridgehead atoms. The van der Waals surface area contributed by atoms with E-state index < -0.39 is 0 Å². The second-order valence-corrected chi connectivity index (χ2v) is 10.7. The largest absolute Gasteiger partial charge is 0.483 e. The van der Waals surface area contributed by atoms with Crippen LogP contribution in [0.1, 0.15) is 29.9 Å². The summed E-state index contributed by atoms with van der Waals surface area (Å²) in [5.74, 6) is 0.581. The second kappa shape index (κ2) is 9.25. The van der Waals surface area contributed by atoms with Gasteiger partial charge in [-0.3, -0.25) is 9.69 Å². The van der Waals surface area contributed by atoms with Gasteiger partial charge in [-0.05, 0) is 56.5 Å². The van der Waals surface area contributed by atoms with Crippen molar-refractivity contribution in [3.05, 3.63) is 64.5 Å². The summed E-state index contributed by atoms with van der Waals surface area (Å²) in [4.78, 5) is 21.6. The number of hydrogen-bond donors (Lipinski definition) is 1. The van der Waals surface area contributed by atoms with E-state index in [4.69, 9.17) is 9.72 Å². The third kappa shape index (κ3) is 4.53. The fraction of sp³-hybridized carbons (Fsp3) is 0.308. The van der Waals surface area contributed by atoms with Gasteiger partial charge in [0.2, 0.25) is 0 Å². The van der Waals surface area contributed by atoms with Gasteiger partial charge >= 0.3 is 0 Å². The summed E-state index contributed by atoms with van der Waals surface area (Å²) >= 11 is 3.37. The SMILES string of the molecule is Cc1ccccc1OCC(=O)Nc1sc2c(c1-c1nc3ccccc3s1)CCN(C(C)C)C2. The predicted octanol–water partition coefficient (Wildman–Crippen LogP) is 6.12. The number of hydrogen-bond acceptors (Lipinski definition) is 6. The molecule has 1 N–H and O–H groups in total. The van der Waals surface area contributed by atoms with Crippen LogP contribution in [-0.4, -0.2) is 35.0 Å². The number of nitrogens with one attached hydrogen (secondary N) is 1. The van der Waals surface area contributed by atoms with Gasteiger partial charge in [-0.1, -0.05) is 30.3 Å². The van der Waals surface area contributed by atoms with Crippen LogP contribution in [0.25, 0.3) is 20.8 Å². The second-order valence-electron chi connectivity index (χ2n) is 8.61. The van der Waals surface area contributed by atoms with Crippen molar-refractivity contribution in [1.82, 2.24) is 9.88 Å². The number of nitrogens with zero attached hydrogens (tertiary/aromatic N) is 2. The molecule has 0 saturated carbocycles. The summed E-state index contributed by atoms with van der Waals surface area (Å²) in [6, 6.07) is 16.4. The molecule has 0 aliphatic carbocycles. The van der Waals surface area contributed by atoms with Crippen molar-refractivity contribution in [2.24, 2.45) is 0 Å². The quantitative estimate of drug-likeness (QED) is 0.364. The van der Waals surface area contributed by atoms with Gasteiger partial charge in [0, 0.05) is 29.6 Å². The molecule has 0 atom stereocenters. The van der Waals surface area contributed by atoms with Crippen LogP contribution in [0.3, 0.4) is 0 Å². The van der Waals surface area contributed by atoms with Gasteiger partial charge in [-0.15, -0.1) is 22.7 Å². The third-order valence-corrected chi connectivity index (χ3v) is 8.22. The molecule has 1 aliphatic rings. The zero-order chi connectivity index (χ0) is 22.9. The van der Waals surface area contributed by atoms with Crippen molar-refractivity contribution in [3.8, 4) is 16.3 Å². The fourth-order valence-corrected chi connectivity index (χ4v) is 6.58. The van der Waals surface area contributed by atoms with Gasteiger partial charge in [0.1, 0.15) is 15.8 Å². The number of carbonyl (C=O) groups is 1. The maximum absolute atomic E-state index is 12.9. The van der Waals surface area contributed by atoms with E-state index in [9.17, 15) is 4.79 Å². The molecule has 170 valence electrons. The Morgan fingerprint density at radius 1 is 1.15 bits per heavy atom. The molecule has 1 aliphatic heterocycles. The topological polar surface area (TPSA) is 54.5 Å². The third-order valence-electron chi connectivity index (χ3n) is 6.03. The Kier molecular flexibility index (Phi) is 6.19. The molecule has 0 spiro atoms. The molecule has 3 heterocycles. The summed E-state index contributed by atoms with van der Waals surface area (Å²) < 4.78 is 6.95. The number of aromatic nitrogens is 1. The summed E-state index contributed by atoms with van der Waals surface area (Å²) in [7, 11) is 0. The number of fused-ring (bicyclic) bond motifs is 2. The number of benzene rings is 2. The molecule has 4 aromatic rings. The van der Waals surface area contributed by atoms with Crippen LogP contribution < -0.4 is 10.1 Å². The minimum absolute atomic E-state index is 0.0230. The molecule has 5 nitrogen and oxygen atoms in total. The first kappa shape index (κ1) is 22.1. The van der Waals surface area contributed by atoms with Gasteiger partial charge in [0.25, 0.3) is 5.91 Å². The summed E-state index contributed by atoms with van der Waals surface area (Å²) in [5.41, 5.74) is 4.42. The van der Waals surface area contributed by atoms with Crippen molar-refractivity contribution in [1.29, 1.82) is 0 Å². The minimum atomic E-state index is -0.153. The number of rotatable bonds is 6.